The van der Waals surface area contributed by atoms with Crippen LogP contribution in [0.15, 0.2) is 23.1 Å². The van der Waals surface area contributed by atoms with Crippen molar-refractivity contribution in [3.05, 3.63) is 24.4 Å². The second kappa shape index (κ2) is 3.26. The van der Waals surface area contributed by atoms with Crippen molar-refractivity contribution in [2.75, 3.05) is 0 Å². The van der Waals surface area contributed by atoms with Crippen molar-refractivity contribution in [2.45, 2.75) is 13.0 Å². The molecule has 0 bridgehead atoms. The molecule has 2 rings (SSSR count). The molecule has 2 N–H and O–H groups in total. The standard InChI is InChI=1S/C9H12N4O/c1-6(10)9-3-7(12-14-9)8-4-11-5-13(8)2/h3-6H,10H2,1-2H3. The van der Waals surface area contributed by atoms with E-state index in [4.69, 9.17) is 10.3 Å². The van der Waals surface area contributed by atoms with Crippen molar-refractivity contribution in [1.29, 1.82) is 0 Å². The fraction of sp³-hybridized carbons (Fsp3) is 0.333. The maximum Gasteiger partial charge on any atom is 0.153 e. The van der Waals surface area contributed by atoms with Gasteiger partial charge in [0.15, 0.2) is 5.76 Å². The third-order valence-corrected chi connectivity index (χ3v) is 2.06. The summed E-state index contributed by atoms with van der Waals surface area (Å²) in [6.07, 6.45) is 3.46. The Hall–Kier alpha value is -1.62. The van der Waals surface area contributed by atoms with Crippen LogP contribution in [0.4, 0.5) is 0 Å². The molecular weight excluding hydrogens is 180 g/mol. The van der Waals surface area contributed by atoms with Gasteiger partial charge in [0, 0.05) is 13.1 Å². The molecule has 74 valence electrons. The third kappa shape index (κ3) is 1.42. The number of nitrogens with zero attached hydrogens (tertiary/aromatic N) is 3. The summed E-state index contributed by atoms with van der Waals surface area (Å²) < 4.78 is 6.97. The third-order valence-electron chi connectivity index (χ3n) is 2.06. The summed E-state index contributed by atoms with van der Waals surface area (Å²) in [5.41, 5.74) is 7.34. The Bertz CT molecular complexity index is 429. The molecule has 2 aromatic heterocycles. The van der Waals surface area contributed by atoms with Gasteiger partial charge in [0.1, 0.15) is 5.69 Å². The van der Waals surface area contributed by atoms with Crippen molar-refractivity contribution in [3.63, 3.8) is 0 Å². The minimum absolute atomic E-state index is 0.135. The highest BCUT2D eigenvalue weighted by Crippen LogP contribution is 2.20. The van der Waals surface area contributed by atoms with E-state index in [-0.39, 0.29) is 6.04 Å². The van der Waals surface area contributed by atoms with E-state index >= 15 is 0 Å². The highest BCUT2D eigenvalue weighted by atomic mass is 16.5. The lowest BCUT2D eigenvalue weighted by molar-refractivity contribution is 0.369. The molecular formula is C9H12N4O. The summed E-state index contributed by atoms with van der Waals surface area (Å²) in [4.78, 5) is 4.00. The minimum atomic E-state index is -0.135. The van der Waals surface area contributed by atoms with Gasteiger partial charge >= 0.3 is 0 Å². The summed E-state index contributed by atoms with van der Waals surface area (Å²) in [7, 11) is 1.91. The monoisotopic (exact) mass is 192 g/mol. The predicted octanol–water partition coefficient (Wildman–Crippen LogP) is 1.09. The van der Waals surface area contributed by atoms with Crippen LogP contribution in [0.2, 0.25) is 0 Å². The molecule has 0 aliphatic rings. The van der Waals surface area contributed by atoms with Crippen LogP contribution >= 0.6 is 0 Å². The normalized spacial score (nSPS) is 13.1. The molecule has 1 atom stereocenters. The molecule has 0 radical (unpaired) electrons. The lowest BCUT2D eigenvalue weighted by Crippen LogP contribution is -2.02. The van der Waals surface area contributed by atoms with Crippen LogP contribution in [0, 0.1) is 0 Å². The lowest BCUT2D eigenvalue weighted by Gasteiger charge is -1.95. The lowest BCUT2D eigenvalue weighted by atomic mass is 10.2. The predicted molar refractivity (Wildman–Crippen MR) is 51.3 cm³/mol. The highest BCUT2D eigenvalue weighted by Gasteiger charge is 2.11. The molecule has 1 unspecified atom stereocenters. The molecule has 0 saturated carbocycles. The molecule has 0 aromatic carbocycles. The molecule has 0 spiro atoms. The molecule has 5 nitrogen and oxygen atoms in total. The minimum Gasteiger partial charge on any atom is -0.359 e. The van der Waals surface area contributed by atoms with Crippen LogP contribution < -0.4 is 5.73 Å². The summed E-state index contributed by atoms with van der Waals surface area (Å²) in [6.45, 7) is 1.85. The van der Waals surface area contributed by atoms with E-state index in [0.29, 0.717) is 5.76 Å². The fourth-order valence-electron chi connectivity index (χ4n) is 1.23. The Kier molecular flexibility index (Phi) is 2.09. The Labute approximate surface area is 81.5 Å². The van der Waals surface area contributed by atoms with Crippen LogP contribution in [-0.4, -0.2) is 14.7 Å². The zero-order valence-electron chi connectivity index (χ0n) is 8.14. The van der Waals surface area contributed by atoms with Crippen LogP contribution in [0.25, 0.3) is 11.4 Å². The van der Waals surface area contributed by atoms with Gasteiger partial charge in [0.05, 0.1) is 24.3 Å². The number of aryl methyl sites for hydroxylation is 1. The Morgan fingerprint density at radius 1 is 1.57 bits per heavy atom. The average molecular weight is 192 g/mol. The second-order valence-corrected chi connectivity index (χ2v) is 3.29. The quantitative estimate of drug-likeness (QED) is 0.773. The molecule has 0 saturated heterocycles. The maximum atomic E-state index is 5.66. The van der Waals surface area contributed by atoms with Crippen molar-refractivity contribution >= 4 is 0 Å². The molecule has 0 fully saturated rings. The summed E-state index contributed by atoms with van der Waals surface area (Å²) >= 11 is 0. The highest BCUT2D eigenvalue weighted by molar-refractivity contribution is 5.53. The topological polar surface area (TPSA) is 69.9 Å². The smallest absolute Gasteiger partial charge is 0.153 e. The van der Waals surface area contributed by atoms with E-state index in [1.807, 2.05) is 24.6 Å². The fourth-order valence-corrected chi connectivity index (χ4v) is 1.23. The van der Waals surface area contributed by atoms with Crippen molar-refractivity contribution in [1.82, 2.24) is 14.7 Å². The van der Waals surface area contributed by atoms with Crippen molar-refractivity contribution in [2.24, 2.45) is 12.8 Å². The van der Waals surface area contributed by atoms with E-state index < -0.39 is 0 Å². The van der Waals surface area contributed by atoms with Crippen molar-refractivity contribution < 1.29 is 4.52 Å². The first-order chi connectivity index (χ1) is 6.68. The first-order valence-electron chi connectivity index (χ1n) is 4.37. The zero-order valence-corrected chi connectivity index (χ0v) is 8.14. The average Bonchev–Trinajstić information content (AvgIpc) is 2.71. The van der Waals surface area contributed by atoms with Crippen LogP contribution in [0.3, 0.4) is 0 Å². The molecule has 5 heteroatoms. The number of hydrogen-bond acceptors (Lipinski definition) is 4. The maximum absolute atomic E-state index is 5.66. The van der Waals surface area contributed by atoms with Crippen LogP contribution in [0.1, 0.15) is 18.7 Å². The van der Waals surface area contributed by atoms with E-state index in [2.05, 4.69) is 10.1 Å². The molecule has 0 aliphatic heterocycles. The summed E-state index contributed by atoms with van der Waals surface area (Å²) in [6, 6.07) is 1.70. The summed E-state index contributed by atoms with van der Waals surface area (Å²) in [5, 5.41) is 3.92. The Morgan fingerprint density at radius 2 is 2.36 bits per heavy atom. The van der Waals surface area contributed by atoms with Crippen molar-refractivity contribution in [3.8, 4) is 11.4 Å². The van der Waals surface area contributed by atoms with Gasteiger partial charge in [-0.25, -0.2) is 4.98 Å². The number of hydrogen-bond donors (Lipinski definition) is 1. The van der Waals surface area contributed by atoms with Gasteiger partial charge in [-0.2, -0.15) is 0 Å². The SMILES string of the molecule is CC(N)c1cc(-c2cncn2C)no1. The Morgan fingerprint density at radius 3 is 2.86 bits per heavy atom. The van der Waals surface area contributed by atoms with Gasteiger partial charge in [0.25, 0.3) is 0 Å². The Balaban J connectivity index is 2.39. The number of nitrogens with two attached hydrogens (primary N) is 1. The van der Waals surface area contributed by atoms with E-state index in [9.17, 15) is 0 Å². The van der Waals surface area contributed by atoms with Crippen LogP contribution in [-0.2, 0) is 7.05 Å². The summed E-state index contributed by atoms with van der Waals surface area (Å²) in [5.74, 6) is 0.682. The molecule has 2 aromatic rings. The van der Waals surface area contributed by atoms with E-state index in [0.717, 1.165) is 11.4 Å². The first-order valence-corrected chi connectivity index (χ1v) is 4.37. The van der Waals surface area contributed by atoms with Gasteiger partial charge in [-0.1, -0.05) is 5.16 Å². The van der Waals surface area contributed by atoms with Gasteiger partial charge in [0.2, 0.25) is 0 Å². The number of aromatic nitrogens is 3. The van der Waals surface area contributed by atoms with Gasteiger partial charge in [-0.05, 0) is 6.92 Å². The van der Waals surface area contributed by atoms with Crippen LogP contribution in [0.5, 0.6) is 0 Å². The molecule has 14 heavy (non-hydrogen) atoms. The van der Waals surface area contributed by atoms with Gasteiger partial charge < -0.3 is 14.8 Å². The zero-order chi connectivity index (χ0) is 10.1. The largest absolute Gasteiger partial charge is 0.359 e. The molecule has 0 amide bonds. The molecule has 2 heterocycles. The number of rotatable bonds is 2. The van der Waals surface area contributed by atoms with Gasteiger partial charge in [-0.3, -0.25) is 0 Å². The molecule has 0 aliphatic carbocycles. The first kappa shape index (κ1) is 8.96. The van der Waals surface area contributed by atoms with E-state index in [1.165, 1.54) is 0 Å². The number of imidazole rings is 1. The second-order valence-electron chi connectivity index (χ2n) is 3.29. The van der Waals surface area contributed by atoms with Gasteiger partial charge in [-0.15, -0.1) is 0 Å². The van der Waals surface area contributed by atoms with E-state index in [1.54, 1.807) is 12.5 Å².